The van der Waals surface area contributed by atoms with E-state index in [0.717, 1.165) is 17.7 Å². The zero-order valence-corrected chi connectivity index (χ0v) is 17.3. The van der Waals surface area contributed by atoms with Crippen LogP contribution in [0.5, 0.6) is 0 Å². The second-order valence-electron chi connectivity index (χ2n) is 8.09. The van der Waals surface area contributed by atoms with Gasteiger partial charge < -0.3 is 15.3 Å². The van der Waals surface area contributed by atoms with Crippen LogP contribution in [-0.2, 0) is 9.59 Å². The Balaban J connectivity index is 1.51. The molecular weight excluding hydrogens is 358 g/mol. The summed E-state index contributed by atoms with van der Waals surface area (Å²) in [5.74, 6) is -0.323. The summed E-state index contributed by atoms with van der Waals surface area (Å²) in [5, 5.41) is 12.0. The van der Waals surface area contributed by atoms with Crippen molar-refractivity contribution in [3.63, 3.8) is 0 Å². The van der Waals surface area contributed by atoms with E-state index in [4.69, 9.17) is 5.11 Å². The summed E-state index contributed by atoms with van der Waals surface area (Å²) < 4.78 is 0. The average molecular weight is 396 g/mol. The van der Waals surface area contributed by atoms with E-state index < -0.39 is 18.2 Å². The van der Waals surface area contributed by atoms with Gasteiger partial charge in [0.2, 0.25) is 11.8 Å². The number of hydrogen-bond acceptors (Lipinski definition) is 3. The lowest BCUT2D eigenvalue weighted by molar-refractivity contribution is -0.154. The van der Waals surface area contributed by atoms with Crippen molar-refractivity contribution < 1.29 is 19.5 Å². The van der Waals surface area contributed by atoms with E-state index in [-0.39, 0.29) is 11.8 Å². The van der Waals surface area contributed by atoms with Gasteiger partial charge in [-0.25, -0.2) is 4.79 Å². The van der Waals surface area contributed by atoms with Crippen LogP contribution < -0.4 is 5.32 Å². The van der Waals surface area contributed by atoms with Gasteiger partial charge in [-0.1, -0.05) is 64.7 Å². The van der Waals surface area contributed by atoms with E-state index >= 15 is 0 Å². The maximum absolute atomic E-state index is 12.4. The Morgan fingerprint density at radius 2 is 1.36 bits per heavy atom. The van der Waals surface area contributed by atoms with Gasteiger partial charge >= 0.3 is 6.09 Å². The second-order valence-corrected chi connectivity index (χ2v) is 8.09. The fourth-order valence-corrected chi connectivity index (χ4v) is 3.93. The SMILES string of the molecule is CCCCCCCCCCCCNC(=O)[C@@H]1CCN1C(=O)C1CCN1C(=O)O. The molecule has 3 amide bonds. The summed E-state index contributed by atoms with van der Waals surface area (Å²) in [6, 6.07) is -1.03. The first-order valence-corrected chi connectivity index (χ1v) is 11.1. The van der Waals surface area contributed by atoms with Crippen molar-refractivity contribution in [2.24, 2.45) is 0 Å². The molecule has 0 aromatic heterocycles. The molecule has 0 radical (unpaired) electrons. The minimum Gasteiger partial charge on any atom is -0.465 e. The van der Waals surface area contributed by atoms with Gasteiger partial charge in [-0.15, -0.1) is 0 Å². The average Bonchev–Trinajstić information content (AvgIpc) is 2.57. The summed E-state index contributed by atoms with van der Waals surface area (Å²) in [6.07, 6.45) is 12.7. The van der Waals surface area contributed by atoms with Gasteiger partial charge in [0, 0.05) is 19.6 Å². The van der Waals surface area contributed by atoms with Crippen LogP contribution >= 0.6 is 0 Å². The Kier molecular flexibility index (Phi) is 9.58. The highest BCUT2D eigenvalue weighted by atomic mass is 16.4. The highest BCUT2D eigenvalue weighted by Gasteiger charge is 2.45. The van der Waals surface area contributed by atoms with Crippen LogP contribution in [0.15, 0.2) is 0 Å². The number of hydrogen-bond donors (Lipinski definition) is 2. The monoisotopic (exact) mass is 395 g/mol. The lowest BCUT2D eigenvalue weighted by atomic mass is 9.96. The predicted molar refractivity (Wildman–Crippen MR) is 108 cm³/mol. The quantitative estimate of drug-likeness (QED) is 0.468. The van der Waals surface area contributed by atoms with Crippen LogP contribution in [0.4, 0.5) is 4.79 Å². The molecule has 2 rings (SSSR count). The largest absolute Gasteiger partial charge is 0.465 e. The first kappa shape index (κ1) is 22.5. The van der Waals surface area contributed by atoms with Crippen LogP contribution in [0.1, 0.15) is 84.0 Å². The van der Waals surface area contributed by atoms with Gasteiger partial charge in [0.25, 0.3) is 0 Å². The normalized spacial score (nSPS) is 21.0. The molecule has 2 heterocycles. The minimum atomic E-state index is -1.06. The van der Waals surface area contributed by atoms with Crippen LogP contribution in [0.25, 0.3) is 0 Å². The van der Waals surface area contributed by atoms with Gasteiger partial charge in [-0.2, -0.15) is 0 Å². The van der Waals surface area contributed by atoms with Crippen LogP contribution in [0, 0.1) is 0 Å². The number of nitrogens with one attached hydrogen (secondary N) is 1. The molecule has 2 atom stereocenters. The fourth-order valence-electron chi connectivity index (χ4n) is 3.93. The molecule has 2 aliphatic rings. The Bertz CT molecular complexity index is 526. The van der Waals surface area contributed by atoms with E-state index in [0.29, 0.717) is 32.5 Å². The molecule has 2 fully saturated rings. The molecule has 0 spiro atoms. The van der Waals surface area contributed by atoms with E-state index in [1.54, 1.807) is 0 Å². The third kappa shape index (κ3) is 6.38. The Labute approximate surface area is 168 Å². The third-order valence-electron chi connectivity index (χ3n) is 5.99. The molecule has 0 aromatic rings. The Morgan fingerprint density at radius 3 is 1.82 bits per heavy atom. The lowest BCUT2D eigenvalue weighted by Crippen LogP contribution is -2.66. The fraction of sp³-hybridized carbons (Fsp3) is 0.857. The van der Waals surface area contributed by atoms with Crippen molar-refractivity contribution in [1.82, 2.24) is 15.1 Å². The Hall–Kier alpha value is -1.79. The molecule has 0 aliphatic carbocycles. The zero-order chi connectivity index (χ0) is 20.4. The molecule has 2 N–H and O–H groups in total. The number of unbranched alkanes of at least 4 members (excludes halogenated alkanes) is 9. The van der Waals surface area contributed by atoms with Gasteiger partial charge in [0.05, 0.1) is 0 Å². The molecule has 1 unspecified atom stereocenters. The van der Waals surface area contributed by atoms with Gasteiger partial charge in [-0.3, -0.25) is 14.5 Å². The number of nitrogens with zero attached hydrogens (tertiary/aromatic N) is 2. The van der Waals surface area contributed by atoms with Gasteiger partial charge in [-0.05, 0) is 19.3 Å². The zero-order valence-electron chi connectivity index (χ0n) is 17.3. The molecule has 28 heavy (non-hydrogen) atoms. The molecule has 0 bridgehead atoms. The lowest BCUT2D eigenvalue weighted by Gasteiger charge is -2.46. The minimum absolute atomic E-state index is 0.100. The predicted octanol–water partition coefficient (Wildman–Crippen LogP) is 3.38. The maximum atomic E-state index is 12.4. The van der Waals surface area contributed by atoms with Crippen molar-refractivity contribution >= 4 is 17.9 Å². The smallest absolute Gasteiger partial charge is 0.407 e. The summed E-state index contributed by atoms with van der Waals surface area (Å²) in [5.41, 5.74) is 0. The summed E-state index contributed by atoms with van der Waals surface area (Å²) in [4.78, 5) is 38.5. The van der Waals surface area contributed by atoms with E-state index in [1.807, 2.05) is 0 Å². The first-order valence-electron chi connectivity index (χ1n) is 11.1. The highest BCUT2D eigenvalue weighted by Crippen LogP contribution is 2.25. The van der Waals surface area contributed by atoms with Crippen LogP contribution in [-0.4, -0.2) is 64.5 Å². The molecule has 0 aromatic carbocycles. The number of rotatable bonds is 13. The molecule has 160 valence electrons. The van der Waals surface area contributed by atoms with E-state index in [2.05, 4.69) is 12.2 Å². The maximum Gasteiger partial charge on any atom is 0.407 e. The first-order chi connectivity index (χ1) is 13.6. The van der Waals surface area contributed by atoms with Crippen molar-refractivity contribution in [1.29, 1.82) is 0 Å². The molecule has 7 nitrogen and oxygen atoms in total. The molecule has 0 saturated carbocycles. The van der Waals surface area contributed by atoms with Crippen molar-refractivity contribution in [2.45, 2.75) is 96.1 Å². The number of amides is 3. The van der Waals surface area contributed by atoms with Gasteiger partial charge in [0.1, 0.15) is 12.1 Å². The second kappa shape index (κ2) is 11.9. The summed E-state index contributed by atoms with van der Waals surface area (Å²) in [7, 11) is 0. The number of carbonyl (C=O) groups is 3. The number of likely N-dealkylation sites (tertiary alicyclic amines) is 2. The number of carboxylic acid groups (broad SMARTS) is 1. The summed E-state index contributed by atoms with van der Waals surface area (Å²) >= 11 is 0. The van der Waals surface area contributed by atoms with Crippen molar-refractivity contribution in [3.8, 4) is 0 Å². The van der Waals surface area contributed by atoms with Crippen molar-refractivity contribution in [2.75, 3.05) is 19.6 Å². The highest BCUT2D eigenvalue weighted by molar-refractivity contribution is 5.93. The topological polar surface area (TPSA) is 90.0 Å². The van der Waals surface area contributed by atoms with Crippen LogP contribution in [0.3, 0.4) is 0 Å². The third-order valence-corrected chi connectivity index (χ3v) is 5.99. The van der Waals surface area contributed by atoms with E-state index in [9.17, 15) is 14.4 Å². The molecule has 7 heteroatoms. The molecular formula is C21H37N3O4. The Morgan fingerprint density at radius 1 is 0.821 bits per heavy atom. The van der Waals surface area contributed by atoms with E-state index in [1.165, 1.54) is 56.3 Å². The summed E-state index contributed by atoms with van der Waals surface area (Å²) in [6.45, 7) is 3.83. The molecule has 2 saturated heterocycles. The van der Waals surface area contributed by atoms with Gasteiger partial charge in [0.15, 0.2) is 0 Å². The van der Waals surface area contributed by atoms with Crippen LogP contribution in [0.2, 0.25) is 0 Å². The standard InChI is InChI=1S/C21H37N3O4/c1-2-3-4-5-6-7-8-9-10-11-14-22-19(25)17-12-15-23(17)20(26)18-13-16-24(18)21(27)28/h17-18H,2-16H2,1H3,(H,22,25)(H,27,28)/t17-,18?/m0/s1. The molecule has 2 aliphatic heterocycles. The van der Waals surface area contributed by atoms with Crippen molar-refractivity contribution in [3.05, 3.63) is 0 Å². The number of carbonyl (C=O) groups excluding carboxylic acids is 2.